The van der Waals surface area contributed by atoms with Crippen molar-refractivity contribution in [3.05, 3.63) is 47.5 Å². The lowest BCUT2D eigenvalue weighted by Gasteiger charge is -2.03. The molecule has 0 aliphatic heterocycles. The van der Waals surface area contributed by atoms with E-state index in [1.807, 2.05) is 43.4 Å². The molecule has 2 aromatic carbocycles. The lowest BCUT2D eigenvalue weighted by molar-refractivity contribution is 0.112. The summed E-state index contributed by atoms with van der Waals surface area (Å²) in [5.41, 5.74) is 1.46. The summed E-state index contributed by atoms with van der Waals surface area (Å²) in [6.07, 6.45) is 0.857. The van der Waals surface area contributed by atoms with Crippen LogP contribution in [0.3, 0.4) is 0 Å². The molecule has 2 nitrogen and oxygen atoms in total. The first-order valence-corrected chi connectivity index (χ1v) is 5.47. The molecule has 0 radical (unpaired) electrons. The fourth-order valence-electron chi connectivity index (χ4n) is 1.75. The summed E-state index contributed by atoms with van der Waals surface area (Å²) in [4.78, 5) is 11.0. The van der Waals surface area contributed by atoms with Gasteiger partial charge in [0.05, 0.1) is 6.54 Å². The molecule has 1 N–H and O–H groups in total. The molecule has 0 unspecified atom stereocenters. The van der Waals surface area contributed by atoms with Gasteiger partial charge in [0.25, 0.3) is 0 Å². The molecule has 84 valence electrons. The molecule has 0 atom stereocenters. The Kier molecular flexibility index (Phi) is 3.54. The average Bonchev–Trinajstić information content (AvgIpc) is 2.39. The third kappa shape index (κ3) is 2.35. The van der Waals surface area contributed by atoms with Crippen LogP contribution in [0.1, 0.15) is 15.9 Å². The van der Waals surface area contributed by atoms with E-state index in [0.717, 1.165) is 22.6 Å². The number of carbonyl (C=O) groups is 1. The van der Waals surface area contributed by atoms with Crippen molar-refractivity contribution in [1.29, 1.82) is 0 Å². The second-order valence-corrected chi connectivity index (χ2v) is 3.70. The van der Waals surface area contributed by atoms with Crippen molar-refractivity contribution in [2.24, 2.45) is 0 Å². The van der Waals surface area contributed by atoms with E-state index >= 15 is 0 Å². The molecular weight excluding hydrogens is 210 g/mol. The predicted octanol–water partition coefficient (Wildman–Crippen LogP) is 2.22. The van der Waals surface area contributed by atoms with Crippen molar-refractivity contribution in [2.75, 3.05) is 13.6 Å². The van der Waals surface area contributed by atoms with Gasteiger partial charge in [-0.15, -0.1) is 0 Å². The van der Waals surface area contributed by atoms with Gasteiger partial charge in [0, 0.05) is 11.1 Å². The highest BCUT2D eigenvalue weighted by atomic mass is 16.1. The van der Waals surface area contributed by atoms with Crippen LogP contribution in [0.25, 0.3) is 10.8 Å². The zero-order valence-corrected chi connectivity index (χ0v) is 9.66. The summed E-state index contributed by atoms with van der Waals surface area (Å²) in [7, 11) is 1.85. The van der Waals surface area contributed by atoms with Crippen molar-refractivity contribution in [2.45, 2.75) is 0 Å². The molecule has 2 rings (SSSR count). The van der Waals surface area contributed by atoms with Gasteiger partial charge >= 0.3 is 0 Å². The molecule has 2 aromatic rings. The Hall–Kier alpha value is -2.11. The highest BCUT2D eigenvalue weighted by Gasteiger charge is 2.03. The van der Waals surface area contributed by atoms with Crippen LogP contribution in [0.2, 0.25) is 0 Å². The lowest BCUT2D eigenvalue weighted by atomic mass is 10.00. The predicted molar refractivity (Wildman–Crippen MR) is 70.1 cm³/mol. The van der Waals surface area contributed by atoms with Gasteiger partial charge in [-0.2, -0.15) is 0 Å². The molecule has 0 heterocycles. The molecule has 0 aliphatic carbocycles. The van der Waals surface area contributed by atoms with E-state index in [4.69, 9.17) is 0 Å². The lowest BCUT2D eigenvalue weighted by Crippen LogP contribution is -2.04. The van der Waals surface area contributed by atoms with Crippen LogP contribution < -0.4 is 5.32 Å². The second kappa shape index (κ2) is 5.29. The van der Waals surface area contributed by atoms with E-state index in [9.17, 15) is 4.79 Å². The number of aldehydes is 1. The Balaban J connectivity index is 2.64. The smallest absolute Gasteiger partial charge is 0.151 e. The van der Waals surface area contributed by atoms with E-state index in [1.165, 1.54) is 0 Å². The van der Waals surface area contributed by atoms with Crippen LogP contribution in [0.5, 0.6) is 0 Å². The van der Waals surface area contributed by atoms with Crippen LogP contribution in [0.4, 0.5) is 0 Å². The van der Waals surface area contributed by atoms with Crippen molar-refractivity contribution >= 4 is 17.1 Å². The largest absolute Gasteiger partial charge is 0.309 e. The van der Waals surface area contributed by atoms with Gasteiger partial charge in [-0.25, -0.2) is 0 Å². The third-order valence-corrected chi connectivity index (χ3v) is 2.57. The van der Waals surface area contributed by atoms with E-state index in [1.54, 1.807) is 0 Å². The minimum atomic E-state index is 0.613. The van der Waals surface area contributed by atoms with Crippen molar-refractivity contribution in [3.8, 4) is 11.8 Å². The first-order chi connectivity index (χ1) is 8.36. The topological polar surface area (TPSA) is 29.1 Å². The maximum Gasteiger partial charge on any atom is 0.151 e. The summed E-state index contributed by atoms with van der Waals surface area (Å²) in [6, 6.07) is 11.7. The molecule has 17 heavy (non-hydrogen) atoms. The summed E-state index contributed by atoms with van der Waals surface area (Å²) in [5.74, 6) is 6.06. The van der Waals surface area contributed by atoms with Crippen LogP contribution >= 0.6 is 0 Å². The molecule has 0 bridgehead atoms. The molecule has 0 aliphatic rings. The Bertz CT molecular complexity index is 605. The maximum absolute atomic E-state index is 11.0. The quantitative estimate of drug-likeness (QED) is 0.625. The number of benzene rings is 2. The SMILES string of the molecule is CNCC#Cc1c(C=O)ccc2ccccc12. The molecule has 0 aromatic heterocycles. The van der Waals surface area contributed by atoms with Gasteiger partial charge in [0.2, 0.25) is 0 Å². The number of carbonyl (C=O) groups excluding carboxylic acids is 1. The van der Waals surface area contributed by atoms with Crippen LogP contribution in [-0.4, -0.2) is 19.9 Å². The molecule has 2 heteroatoms. The number of nitrogens with one attached hydrogen (secondary N) is 1. The Morgan fingerprint density at radius 1 is 1.24 bits per heavy atom. The number of hydrogen-bond acceptors (Lipinski definition) is 2. The zero-order chi connectivity index (χ0) is 12.1. The highest BCUT2D eigenvalue weighted by molar-refractivity contribution is 5.95. The fourth-order valence-corrected chi connectivity index (χ4v) is 1.75. The van der Waals surface area contributed by atoms with Crippen LogP contribution in [-0.2, 0) is 0 Å². The highest BCUT2D eigenvalue weighted by Crippen LogP contribution is 2.20. The number of hydrogen-bond donors (Lipinski definition) is 1. The zero-order valence-electron chi connectivity index (χ0n) is 9.66. The van der Waals surface area contributed by atoms with Gasteiger partial charge in [0.15, 0.2) is 6.29 Å². The Morgan fingerprint density at radius 2 is 2.06 bits per heavy atom. The van der Waals surface area contributed by atoms with E-state index < -0.39 is 0 Å². The van der Waals surface area contributed by atoms with Gasteiger partial charge in [-0.3, -0.25) is 4.79 Å². The van der Waals surface area contributed by atoms with Crippen molar-refractivity contribution in [3.63, 3.8) is 0 Å². The van der Waals surface area contributed by atoms with Crippen molar-refractivity contribution in [1.82, 2.24) is 5.32 Å². The van der Waals surface area contributed by atoms with E-state index in [-0.39, 0.29) is 0 Å². The van der Waals surface area contributed by atoms with Crippen LogP contribution in [0.15, 0.2) is 36.4 Å². The summed E-state index contributed by atoms with van der Waals surface area (Å²) < 4.78 is 0. The molecule has 0 amide bonds. The third-order valence-electron chi connectivity index (χ3n) is 2.57. The Labute approximate surface area is 101 Å². The van der Waals surface area contributed by atoms with Gasteiger partial charge < -0.3 is 5.32 Å². The van der Waals surface area contributed by atoms with Gasteiger partial charge in [0.1, 0.15) is 0 Å². The maximum atomic E-state index is 11.0. The first kappa shape index (κ1) is 11.4. The monoisotopic (exact) mass is 223 g/mol. The van der Waals surface area contributed by atoms with E-state index in [0.29, 0.717) is 12.1 Å². The minimum Gasteiger partial charge on any atom is -0.309 e. The first-order valence-electron chi connectivity index (χ1n) is 5.47. The normalized spacial score (nSPS) is 9.71. The van der Waals surface area contributed by atoms with Gasteiger partial charge in [-0.05, 0) is 23.9 Å². The summed E-state index contributed by atoms with van der Waals surface area (Å²) in [5, 5.41) is 5.09. The standard InChI is InChI=1S/C15H13NO/c1-16-10-4-7-15-13(11-17)9-8-12-5-2-3-6-14(12)15/h2-3,5-6,8-9,11,16H,10H2,1H3. The Morgan fingerprint density at radius 3 is 2.82 bits per heavy atom. The molecule has 0 spiro atoms. The summed E-state index contributed by atoms with van der Waals surface area (Å²) >= 11 is 0. The average molecular weight is 223 g/mol. The molecular formula is C15H13NO. The van der Waals surface area contributed by atoms with Crippen molar-refractivity contribution < 1.29 is 4.79 Å². The molecule has 0 fully saturated rings. The van der Waals surface area contributed by atoms with E-state index in [2.05, 4.69) is 17.2 Å². The second-order valence-electron chi connectivity index (χ2n) is 3.70. The molecule has 0 saturated carbocycles. The van der Waals surface area contributed by atoms with Crippen LogP contribution in [0, 0.1) is 11.8 Å². The summed E-state index contributed by atoms with van der Waals surface area (Å²) in [6.45, 7) is 0.613. The molecule has 0 saturated heterocycles. The minimum absolute atomic E-state index is 0.613. The fraction of sp³-hybridized carbons (Fsp3) is 0.133. The van der Waals surface area contributed by atoms with Gasteiger partial charge in [-0.1, -0.05) is 42.2 Å². The number of rotatable bonds is 2. The number of fused-ring (bicyclic) bond motifs is 1.